The van der Waals surface area contributed by atoms with Gasteiger partial charge in [0.25, 0.3) is 5.91 Å². The van der Waals surface area contributed by atoms with Crippen LogP contribution >= 0.6 is 0 Å². The average Bonchev–Trinajstić information content (AvgIpc) is 2.67. The minimum Gasteiger partial charge on any atom is -0.490 e. The fourth-order valence-electron chi connectivity index (χ4n) is 2.25. The molecular weight excluding hydrogens is 353 g/mol. The molecule has 0 aliphatic carbocycles. The molecule has 144 valence electrons. The number of hydrogen-bond acceptors (Lipinski definition) is 5. The molecule has 7 heteroatoms. The lowest BCUT2D eigenvalue weighted by atomic mass is 10.2. The van der Waals surface area contributed by atoms with Gasteiger partial charge in [-0.3, -0.25) is 4.79 Å². The molecule has 0 unspecified atom stereocenters. The summed E-state index contributed by atoms with van der Waals surface area (Å²) in [6.45, 7) is 1.60. The third kappa shape index (κ3) is 6.29. The Kier molecular flexibility index (Phi) is 7.61. The second-order valence-corrected chi connectivity index (χ2v) is 5.67. The summed E-state index contributed by atoms with van der Waals surface area (Å²) >= 11 is 0. The standard InChI is InChI=1S/C20H22FNO5/c1-3-25-17-10-6-7-11-18(17)26-14-20(24)27-13-19(23)22(2)12-15-8-4-5-9-16(15)21/h4-11H,3,12-14H2,1-2H3. The molecule has 0 aliphatic heterocycles. The number of para-hydroxylation sites is 2. The quantitative estimate of drug-likeness (QED) is 0.631. The molecule has 0 saturated carbocycles. The first-order valence-corrected chi connectivity index (χ1v) is 8.49. The van der Waals surface area contributed by atoms with E-state index in [1.54, 1.807) is 42.5 Å². The first-order valence-electron chi connectivity index (χ1n) is 8.49. The number of nitrogens with zero attached hydrogens (tertiary/aromatic N) is 1. The Bertz CT molecular complexity index is 780. The molecule has 2 rings (SSSR count). The van der Waals surface area contributed by atoms with Crippen molar-refractivity contribution in [1.29, 1.82) is 0 Å². The first kappa shape index (κ1) is 20.2. The van der Waals surface area contributed by atoms with E-state index in [1.807, 2.05) is 6.92 Å². The monoisotopic (exact) mass is 375 g/mol. The van der Waals surface area contributed by atoms with Gasteiger partial charge in [-0.1, -0.05) is 30.3 Å². The third-order valence-electron chi connectivity index (χ3n) is 3.64. The molecule has 27 heavy (non-hydrogen) atoms. The van der Waals surface area contributed by atoms with Crippen LogP contribution in [0.25, 0.3) is 0 Å². The maximum atomic E-state index is 13.6. The van der Waals surface area contributed by atoms with E-state index in [1.165, 1.54) is 18.0 Å². The Morgan fingerprint density at radius 1 is 0.963 bits per heavy atom. The molecule has 6 nitrogen and oxygen atoms in total. The topological polar surface area (TPSA) is 65.1 Å². The molecule has 2 aromatic rings. The molecule has 0 bridgehead atoms. The van der Waals surface area contributed by atoms with Crippen LogP contribution in [0.3, 0.4) is 0 Å². The Balaban J connectivity index is 1.78. The number of rotatable bonds is 9. The van der Waals surface area contributed by atoms with Crippen molar-refractivity contribution < 1.29 is 28.2 Å². The molecule has 0 radical (unpaired) electrons. The zero-order valence-corrected chi connectivity index (χ0v) is 15.3. The fourth-order valence-corrected chi connectivity index (χ4v) is 2.25. The normalized spacial score (nSPS) is 10.2. The lowest BCUT2D eigenvalue weighted by Gasteiger charge is -2.17. The predicted octanol–water partition coefficient (Wildman–Crippen LogP) is 2.81. The van der Waals surface area contributed by atoms with Crippen LogP contribution in [-0.2, 0) is 20.9 Å². The van der Waals surface area contributed by atoms with Crippen LogP contribution in [-0.4, -0.2) is 43.6 Å². The maximum absolute atomic E-state index is 13.6. The minimum atomic E-state index is -0.686. The van der Waals surface area contributed by atoms with E-state index >= 15 is 0 Å². The highest BCUT2D eigenvalue weighted by atomic mass is 19.1. The summed E-state index contributed by atoms with van der Waals surface area (Å²) in [5.41, 5.74) is 0.385. The van der Waals surface area contributed by atoms with Crippen LogP contribution in [0.5, 0.6) is 11.5 Å². The zero-order valence-electron chi connectivity index (χ0n) is 15.3. The highest BCUT2D eigenvalue weighted by molar-refractivity contribution is 5.80. The second kappa shape index (κ2) is 10.2. The molecular formula is C20H22FNO5. The van der Waals surface area contributed by atoms with Gasteiger partial charge in [0.1, 0.15) is 5.82 Å². The van der Waals surface area contributed by atoms with Gasteiger partial charge < -0.3 is 19.1 Å². The number of amides is 1. The SMILES string of the molecule is CCOc1ccccc1OCC(=O)OCC(=O)N(C)Cc1ccccc1F. The summed E-state index contributed by atoms with van der Waals surface area (Å²) in [6.07, 6.45) is 0. The highest BCUT2D eigenvalue weighted by Crippen LogP contribution is 2.26. The van der Waals surface area contributed by atoms with Crippen molar-refractivity contribution in [2.75, 3.05) is 26.9 Å². The number of halogens is 1. The van der Waals surface area contributed by atoms with Crippen LogP contribution in [0.15, 0.2) is 48.5 Å². The van der Waals surface area contributed by atoms with Crippen LogP contribution in [0, 0.1) is 5.82 Å². The highest BCUT2D eigenvalue weighted by Gasteiger charge is 2.15. The van der Waals surface area contributed by atoms with Crippen molar-refractivity contribution in [1.82, 2.24) is 4.90 Å². The molecule has 0 N–H and O–H groups in total. The smallest absolute Gasteiger partial charge is 0.344 e. The number of esters is 1. The van der Waals surface area contributed by atoms with Gasteiger partial charge >= 0.3 is 5.97 Å². The van der Waals surface area contributed by atoms with Crippen molar-refractivity contribution in [3.63, 3.8) is 0 Å². The fraction of sp³-hybridized carbons (Fsp3) is 0.300. The summed E-state index contributed by atoms with van der Waals surface area (Å²) in [5.74, 6) is -0.585. The molecule has 0 saturated heterocycles. The summed E-state index contributed by atoms with van der Waals surface area (Å²) < 4.78 is 29.3. The van der Waals surface area contributed by atoms with Gasteiger partial charge in [0, 0.05) is 19.2 Å². The molecule has 0 fully saturated rings. The Hall–Kier alpha value is -3.09. The van der Waals surface area contributed by atoms with Crippen LogP contribution < -0.4 is 9.47 Å². The second-order valence-electron chi connectivity index (χ2n) is 5.67. The molecule has 2 aromatic carbocycles. The van der Waals surface area contributed by atoms with E-state index in [0.29, 0.717) is 23.7 Å². The van der Waals surface area contributed by atoms with E-state index in [4.69, 9.17) is 14.2 Å². The van der Waals surface area contributed by atoms with E-state index in [9.17, 15) is 14.0 Å². The van der Waals surface area contributed by atoms with Gasteiger partial charge in [0.2, 0.25) is 0 Å². The van der Waals surface area contributed by atoms with Crippen molar-refractivity contribution in [3.05, 3.63) is 59.9 Å². The Labute approximate surface area is 157 Å². The number of benzene rings is 2. The van der Waals surface area contributed by atoms with Gasteiger partial charge in [-0.25, -0.2) is 9.18 Å². The van der Waals surface area contributed by atoms with Gasteiger partial charge in [-0.05, 0) is 25.1 Å². The number of hydrogen-bond donors (Lipinski definition) is 0. The van der Waals surface area contributed by atoms with Crippen molar-refractivity contribution in [3.8, 4) is 11.5 Å². The van der Waals surface area contributed by atoms with E-state index in [0.717, 1.165) is 0 Å². The average molecular weight is 375 g/mol. The largest absolute Gasteiger partial charge is 0.490 e. The van der Waals surface area contributed by atoms with Crippen LogP contribution in [0.2, 0.25) is 0 Å². The maximum Gasteiger partial charge on any atom is 0.344 e. The van der Waals surface area contributed by atoms with Crippen LogP contribution in [0.4, 0.5) is 4.39 Å². The van der Waals surface area contributed by atoms with Crippen molar-refractivity contribution in [2.24, 2.45) is 0 Å². The number of carbonyl (C=O) groups excluding carboxylic acids is 2. The zero-order chi connectivity index (χ0) is 19.6. The molecule has 0 aromatic heterocycles. The van der Waals surface area contributed by atoms with Crippen molar-refractivity contribution >= 4 is 11.9 Å². The molecule has 1 amide bonds. The van der Waals surface area contributed by atoms with E-state index in [-0.39, 0.29) is 13.2 Å². The summed E-state index contributed by atoms with van der Waals surface area (Å²) in [6, 6.07) is 13.1. The van der Waals surface area contributed by atoms with Crippen molar-refractivity contribution in [2.45, 2.75) is 13.5 Å². The molecule has 0 spiro atoms. The number of likely N-dealkylation sites (N-methyl/N-ethyl adjacent to an activating group) is 1. The lowest BCUT2D eigenvalue weighted by molar-refractivity contribution is -0.153. The molecule has 0 heterocycles. The summed E-state index contributed by atoms with van der Waals surface area (Å²) in [5, 5.41) is 0. The van der Waals surface area contributed by atoms with Gasteiger partial charge in [-0.15, -0.1) is 0 Å². The summed E-state index contributed by atoms with van der Waals surface area (Å²) in [7, 11) is 1.51. The minimum absolute atomic E-state index is 0.0846. The van der Waals surface area contributed by atoms with Gasteiger partial charge in [0.15, 0.2) is 24.7 Å². The third-order valence-corrected chi connectivity index (χ3v) is 3.64. The van der Waals surface area contributed by atoms with E-state index in [2.05, 4.69) is 0 Å². The van der Waals surface area contributed by atoms with Gasteiger partial charge in [0.05, 0.1) is 6.61 Å². The number of carbonyl (C=O) groups is 2. The molecule has 0 atom stereocenters. The van der Waals surface area contributed by atoms with Crippen LogP contribution in [0.1, 0.15) is 12.5 Å². The number of ether oxygens (including phenoxy) is 3. The Morgan fingerprint density at radius 2 is 1.59 bits per heavy atom. The van der Waals surface area contributed by atoms with E-state index < -0.39 is 24.3 Å². The Morgan fingerprint density at radius 3 is 2.26 bits per heavy atom. The predicted molar refractivity (Wildman–Crippen MR) is 96.9 cm³/mol. The lowest BCUT2D eigenvalue weighted by Crippen LogP contribution is -2.31. The molecule has 0 aliphatic rings. The summed E-state index contributed by atoms with van der Waals surface area (Å²) in [4.78, 5) is 25.1. The van der Waals surface area contributed by atoms with Gasteiger partial charge in [-0.2, -0.15) is 0 Å². The first-order chi connectivity index (χ1) is 13.0.